The van der Waals surface area contributed by atoms with E-state index < -0.39 is 0 Å². The molecule has 2 aliphatic heterocycles. The maximum atomic E-state index is 5.88. The van der Waals surface area contributed by atoms with E-state index in [9.17, 15) is 0 Å². The maximum Gasteiger partial charge on any atom is 0.226 e. The highest BCUT2D eigenvalue weighted by Gasteiger charge is 2.26. The van der Waals surface area contributed by atoms with Gasteiger partial charge in [-0.3, -0.25) is 0 Å². The summed E-state index contributed by atoms with van der Waals surface area (Å²) in [7, 11) is 0. The molecule has 2 unspecified atom stereocenters. The fraction of sp³-hybridized carbons (Fsp3) is 0.478. The number of rotatable bonds is 4. The Morgan fingerprint density at radius 1 is 0.969 bits per heavy atom. The second-order valence-electron chi connectivity index (χ2n) is 8.43. The van der Waals surface area contributed by atoms with Gasteiger partial charge in [-0.25, -0.2) is 15.0 Å². The summed E-state index contributed by atoms with van der Waals surface area (Å²) in [5.41, 5.74) is 3.29. The molecule has 5 heterocycles. The van der Waals surface area contributed by atoms with Crippen LogP contribution in [0.15, 0.2) is 35.1 Å². The zero-order valence-corrected chi connectivity index (χ0v) is 18.7. The van der Waals surface area contributed by atoms with E-state index >= 15 is 0 Å². The van der Waals surface area contributed by atoms with E-state index in [1.807, 2.05) is 31.5 Å². The first kappa shape index (κ1) is 20.8. The van der Waals surface area contributed by atoms with Gasteiger partial charge >= 0.3 is 0 Å². The Hall–Kier alpha value is -3.04. The van der Waals surface area contributed by atoms with E-state index in [1.54, 1.807) is 0 Å². The molecule has 3 aromatic rings. The van der Waals surface area contributed by atoms with Crippen LogP contribution in [-0.4, -0.2) is 71.7 Å². The molecule has 0 amide bonds. The summed E-state index contributed by atoms with van der Waals surface area (Å²) in [5, 5.41) is 4.04. The standard InChI is InChI=1S/C23H28N6O3/c1-15-10-20(32-27-15)19-12-25-23(29-13-16(2)31-17(3)14-29)26-22(19)18-4-5-21(24-11-18)28-6-8-30-9-7-28/h4-5,10-12,16-17H,6-9,13-14H2,1-3H3. The van der Waals surface area contributed by atoms with Crippen LogP contribution in [0, 0.1) is 6.92 Å². The molecule has 9 heteroatoms. The van der Waals surface area contributed by atoms with Crippen molar-refractivity contribution in [1.29, 1.82) is 0 Å². The van der Waals surface area contributed by atoms with Crippen molar-refractivity contribution in [3.8, 4) is 22.6 Å². The minimum absolute atomic E-state index is 0.122. The quantitative estimate of drug-likeness (QED) is 0.612. The Balaban J connectivity index is 1.52. The Bertz CT molecular complexity index is 1050. The van der Waals surface area contributed by atoms with Crippen molar-refractivity contribution in [2.75, 3.05) is 49.2 Å². The summed E-state index contributed by atoms with van der Waals surface area (Å²) >= 11 is 0. The molecule has 2 aliphatic rings. The molecule has 3 aromatic heterocycles. The summed E-state index contributed by atoms with van der Waals surface area (Å²) in [5.74, 6) is 2.27. The minimum Gasteiger partial charge on any atom is -0.378 e. The molecule has 9 nitrogen and oxygen atoms in total. The fourth-order valence-corrected chi connectivity index (χ4v) is 4.26. The van der Waals surface area contributed by atoms with Crippen molar-refractivity contribution in [2.45, 2.75) is 33.0 Å². The maximum absolute atomic E-state index is 5.88. The van der Waals surface area contributed by atoms with Gasteiger partial charge in [0, 0.05) is 50.2 Å². The van der Waals surface area contributed by atoms with Crippen LogP contribution in [0.4, 0.5) is 11.8 Å². The number of hydrogen-bond acceptors (Lipinski definition) is 9. The Morgan fingerprint density at radius 2 is 1.75 bits per heavy atom. The summed E-state index contributed by atoms with van der Waals surface area (Å²) in [6.45, 7) is 10.7. The van der Waals surface area contributed by atoms with Gasteiger partial charge in [0.05, 0.1) is 42.4 Å². The molecule has 0 aliphatic carbocycles. The zero-order chi connectivity index (χ0) is 22.1. The number of aromatic nitrogens is 4. The van der Waals surface area contributed by atoms with Gasteiger partial charge in [-0.05, 0) is 32.9 Å². The van der Waals surface area contributed by atoms with Crippen LogP contribution >= 0.6 is 0 Å². The van der Waals surface area contributed by atoms with Gasteiger partial charge in [-0.2, -0.15) is 0 Å². The van der Waals surface area contributed by atoms with Crippen molar-refractivity contribution in [1.82, 2.24) is 20.1 Å². The minimum atomic E-state index is 0.122. The molecule has 0 radical (unpaired) electrons. The molecule has 2 fully saturated rings. The molecular weight excluding hydrogens is 408 g/mol. The number of nitrogens with zero attached hydrogens (tertiary/aromatic N) is 6. The first-order valence-electron chi connectivity index (χ1n) is 11.1. The average molecular weight is 437 g/mol. The monoisotopic (exact) mass is 436 g/mol. The van der Waals surface area contributed by atoms with Crippen molar-refractivity contribution < 1.29 is 14.0 Å². The number of pyridine rings is 1. The summed E-state index contributed by atoms with van der Waals surface area (Å²) in [4.78, 5) is 18.7. The largest absolute Gasteiger partial charge is 0.378 e. The molecule has 2 saturated heterocycles. The lowest BCUT2D eigenvalue weighted by atomic mass is 10.1. The highest BCUT2D eigenvalue weighted by atomic mass is 16.5. The van der Waals surface area contributed by atoms with Crippen molar-refractivity contribution in [2.24, 2.45) is 0 Å². The first-order chi connectivity index (χ1) is 15.6. The van der Waals surface area contributed by atoms with Gasteiger partial charge in [-0.15, -0.1) is 0 Å². The van der Waals surface area contributed by atoms with E-state index in [0.29, 0.717) is 11.7 Å². The Labute approximate surface area is 187 Å². The molecule has 32 heavy (non-hydrogen) atoms. The van der Waals surface area contributed by atoms with Gasteiger partial charge in [0.1, 0.15) is 5.82 Å². The normalized spacial score (nSPS) is 21.7. The van der Waals surface area contributed by atoms with E-state index in [-0.39, 0.29) is 12.2 Å². The smallest absolute Gasteiger partial charge is 0.226 e. The Morgan fingerprint density at radius 3 is 2.41 bits per heavy atom. The van der Waals surface area contributed by atoms with E-state index in [2.05, 4.69) is 39.9 Å². The summed E-state index contributed by atoms with van der Waals surface area (Å²) < 4.78 is 16.9. The Kier molecular flexibility index (Phi) is 5.75. The van der Waals surface area contributed by atoms with Gasteiger partial charge in [0.15, 0.2) is 5.76 Å². The lowest BCUT2D eigenvalue weighted by Crippen LogP contribution is -2.46. The van der Waals surface area contributed by atoms with Crippen molar-refractivity contribution in [3.05, 3.63) is 36.3 Å². The van der Waals surface area contributed by atoms with Gasteiger partial charge in [-0.1, -0.05) is 5.16 Å². The molecule has 2 atom stereocenters. The molecule has 0 spiro atoms. The third-order valence-corrected chi connectivity index (χ3v) is 5.73. The number of ether oxygens (including phenoxy) is 2. The van der Waals surface area contributed by atoms with Crippen LogP contribution < -0.4 is 9.80 Å². The van der Waals surface area contributed by atoms with Gasteiger partial charge < -0.3 is 23.8 Å². The van der Waals surface area contributed by atoms with Crippen molar-refractivity contribution in [3.63, 3.8) is 0 Å². The first-order valence-corrected chi connectivity index (χ1v) is 11.1. The highest BCUT2D eigenvalue weighted by molar-refractivity contribution is 5.78. The molecular formula is C23H28N6O3. The molecule has 0 aromatic carbocycles. The zero-order valence-electron chi connectivity index (χ0n) is 18.7. The van der Waals surface area contributed by atoms with Crippen LogP contribution in [0.25, 0.3) is 22.6 Å². The average Bonchev–Trinajstić information content (AvgIpc) is 3.25. The number of anilines is 2. The van der Waals surface area contributed by atoms with E-state index in [1.165, 1.54) is 0 Å². The summed E-state index contributed by atoms with van der Waals surface area (Å²) in [6.07, 6.45) is 3.93. The molecule has 5 rings (SSSR count). The highest BCUT2D eigenvalue weighted by Crippen LogP contribution is 2.32. The van der Waals surface area contributed by atoms with Gasteiger partial charge in [0.25, 0.3) is 0 Å². The fourth-order valence-electron chi connectivity index (χ4n) is 4.26. The second kappa shape index (κ2) is 8.84. The van der Waals surface area contributed by atoms with E-state index in [0.717, 1.165) is 67.7 Å². The topological polar surface area (TPSA) is 89.6 Å². The van der Waals surface area contributed by atoms with Crippen LogP contribution in [0.5, 0.6) is 0 Å². The third kappa shape index (κ3) is 4.31. The predicted molar refractivity (Wildman–Crippen MR) is 121 cm³/mol. The van der Waals surface area contributed by atoms with Crippen LogP contribution in [0.3, 0.4) is 0 Å². The predicted octanol–water partition coefficient (Wildman–Crippen LogP) is 2.95. The lowest BCUT2D eigenvalue weighted by molar-refractivity contribution is -0.00571. The number of aryl methyl sites for hydroxylation is 1. The molecule has 0 bridgehead atoms. The lowest BCUT2D eigenvalue weighted by Gasteiger charge is -2.35. The molecule has 0 saturated carbocycles. The SMILES string of the molecule is Cc1cc(-c2cnc(N3CC(C)OC(C)C3)nc2-c2ccc(N3CCOCC3)nc2)on1. The van der Waals surface area contributed by atoms with Crippen LogP contribution in [-0.2, 0) is 9.47 Å². The number of morpholine rings is 2. The van der Waals surface area contributed by atoms with E-state index in [4.69, 9.17) is 24.0 Å². The summed E-state index contributed by atoms with van der Waals surface area (Å²) in [6, 6.07) is 5.99. The van der Waals surface area contributed by atoms with Gasteiger partial charge in [0.2, 0.25) is 5.95 Å². The molecule has 0 N–H and O–H groups in total. The third-order valence-electron chi connectivity index (χ3n) is 5.73. The molecule has 168 valence electrons. The van der Waals surface area contributed by atoms with Crippen LogP contribution in [0.2, 0.25) is 0 Å². The number of hydrogen-bond donors (Lipinski definition) is 0. The van der Waals surface area contributed by atoms with Crippen molar-refractivity contribution >= 4 is 11.8 Å². The van der Waals surface area contributed by atoms with Crippen LogP contribution in [0.1, 0.15) is 19.5 Å². The second-order valence-corrected chi connectivity index (χ2v) is 8.43.